The molecule has 1 heterocycles. The zero-order chi connectivity index (χ0) is 15.2. The summed E-state index contributed by atoms with van der Waals surface area (Å²) in [6.45, 7) is 2.88. The molecule has 0 bridgehead atoms. The number of thiocarbonyl (C=S) groups is 1. The van der Waals surface area contributed by atoms with Gasteiger partial charge in [-0.3, -0.25) is 4.79 Å². The molecule has 0 atom stereocenters. The van der Waals surface area contributed by atoms with Crippen molar-refractivity contribution in [2.45, 2.75) is 69.1 Å². The number of nitrogens with zero attached hydrogens (tertiary/aromatic N) is 1. The number of nitrogens with two attached hydrogens (primary N) is 1. The summed E-state index contributed by atoms with van der Waals surface area (Å²) in [7, 11) is -3.66. The van der Waals surface area contributed by atoms with Crippen LogP contribution in [0, 0.1) is 0 Å². The second kappa shape index (κ2) is 4.94. The first-order valence-corrected chi connectivity index (χ1v) is 8.92. The minimum atomic E-state index is -3.66. The fourth-order valence-electron chi connectivity index (χ4n) is 3.12. The van der Waals surface area contributed by atoms with Gasteiger partial charge in [0.25, 0.3) is 15.9 Å². The van der Waals surface area contributed by atoms with E-state index in [2.05, 4.69) is 0 Å². The molecule has 2 aliphatic rings. The van der Waals surface area contributed by atoms with Gasteiger partial charge in [-0.15, -0.1) is 0 Å². The van der Waals surface area contributed by atoms with Gasteiger partial charge in [0.05, 0.1) is 0 Å². The number of amides is 1. The van der Waals surface area contributed by atoms with Crippen LogP contribution in [-0.2, 0) is 14.8 Å². The molecule has 0 aromatic heterocycles. The SMILES string of the molecule is CC1(C)C(=O)N(C2(C(N)=S)CCCCCCC2)S1(=O)=O. The Morgan fingerprint density at radius 2 is 1.60 bits per heavy atom. The van der Waals surface area contributed by atoms with Crippen LogP contribution >= 0.6 is 12.2 Å². The van der Waals surface area contributed by atoms with Crippen LogP contribution in [0.4, 0.5) is 0 Å². The van der Waals surface area contributed by atoms with E-state index in [9.17, 15) is 13.2 Å². The minimum Gasteiger partial charge on any atom is -0.391 e. The fourth-order valence-corrected chi connectivity index (χ4v) is 5.29. The first-order valence-electron chi connectivity index (χ1n) is 7.07. The Kier molecular flexibility index (Phi) is 3.88. The van der Waals surface area contributed by atoms with Crippen LogP contribution in [0.5, 0.6) is 0 Å². The van der Waals surface area contributed by atoms with Crippen LogP contribution in [0.15, 0.2) is 0 Å². The first-order chi connectivity index (χ1) is 9.18. The Labute approximate surface area is 125 Å². The first kappa shape index (κ1) is 15.7. The van der Waals surface area contributed by atoms with Crippen molar-refractivity contribution in [3.63, 3.8) is 0 Å². The van der Waals surface area contributed by atoms with Gasteiger partial charge >= 0.3 is 0 Å². The molecule has 0 aromatic rings. The van der Waals surface area contributed by atoms with E-state index < -0.39 is 20.3 Å². The van der Waals surface area contributed by atoms with Crippen molar-refractivity contribution in [3.8, 4) is 0 Å². The lowest BCUT2D eigenvalue weighted by molar-refractivity contribution is -0.135. The van der Waals surface area contributed by atoms with Crippen molar-refractivity contribution in [3.05, 3.63) is 0 Å². The Morgan fingerprint density at radius 1 is 1.15 bits per heavy atom. The third-order valence-corrected chi connectivity index (χ3v) is 7.45. The van der Waals surface area contributed by atoms with E-state index >= 15 is 0 Å². The van der Waals surface area contributed by atoms with Crippen LogP contribution in [0.3, 0.4) is 0 Å². The number of hydrogen-bond acceptors (Lipinski definition) is 4. The van der Waals surface area contributed by atoms with Gasteiger partial charge in [-0.2, -0.15) is 0 Å². The van der Waals surface area contributed by atoms with Gasteiger partial charge in [0, 0.05) is 0 Å². The molecule has 1 aliphatic heterocycles. The van der Waals surface area contributed by atoms with E-state index in [0.717, 1.165) is 36.4 Å². The number of hydrogen-bond donors (Lipinski definition) is 1. The van der Waals surface area contributed by atoms with Gasteiger partial charge in [0.1, 0.15) is 10.5 Å². The van der Waals surface area contributed by atoms with E-state index in [4.69, 9.17) is 18.0 Å². The highest BCUT2D eigenvalue weighted by atomic mass is 32.2. The maximum absolute atomic E-state index is 12.5. The van der Waals surface area contributed by atoms with Crippen LogP contribution in [-0.4, -0.2) is 33.9 Å². The second-order valence-corrected chi connectivity index (χ2v) is 9.02. The molecule has 1 aliphatic carbocycles. The number of carbonyl (C=O) groups is 1. The summed E-state index contributed by atoms with van der Waals surface area (Å²) in [6, 6.07) is 0. The van der Waals surface area contributed by atoms with Gasteiger partial charge in [0.2, 0.25) is 0 Å². The fraction of sp³-hybridized carbons (Fsp3) is 0.846. The highest BCUT2D eigenvalue weighted by Gasteiger charge is 2.66. The highest BCUT2D eigenvalue weighted by molar-refractivity contribution is 7.94. The number of carbonyl (C=O) groups excluding carboxylic acids is 1. The predicted octanol–water partition coefficient (Wildman–Crippen LogP) is 1.71. The van der Waals surface area contributed by atoms with Gasteiger partial charge in [-0.05, 0) is 26.7 Å². The third-order valence-electron chi connectivity index (χ3n) is 4.61. The van der Waals surface area contributed by atoms with Crippen molar-refractivity contribution < 1.29 is 13.2 Å². The molecule has 0 spiro atoms. The third kappa shape index (κ3) is 1.97. The summed E-state index contributed by atoms with van der Waals surface area (Å²) in [6.07, 6.45) is 5.96. The predicted molar refractivity (Wildman–Crippen MR) is 81.7 cm³/mol. The van der Waals surface area contributed by atoms with E-state index in [1.165, 1.54) is 13.8 Å². The number of rotatable bonds is 2. The van der Waals surface area contributed by atoms with Crippen LogP contribution in [0.25, 0.3) is 0 Å². The molecule has 2 N–H and O–H groups in total. The van der Waals surface area contributed by atoms with Gasteiger partial charge in [-0.25, -0.2) is 12.7 Å². The molecule has 0 aromatic carbocycles. The molecule has 114 valence electrons. The summed E-state index contributed by atoms with van der Waals surface area (Å²) < 4.78 is 24.6. The molecule has 0 unspecified atom stereocenters. The summed E-state index contributed by atoms with van der Waals surface area (Å²) in [5, 5.41) is 0. The van der Waals surface area contributed by atoms with E-state index in [-0.39, 0.29) is 10.9 Å². The second-order valence-electron chi connectivity index (χ2n) is 6.25. The standard InChI is InChI=1S/C13H22N2O3S2/c1-12(2)11(16)15(20(12,17)18)13(10(14)19)8-6-4-3-5-7-9-13/h3-9H2,1-2H3,(H2,14,19). The Morgan fingerprint density at radius 3 is 2.00 bits per heavy atom. The van der Waals surface area contributed by atoms with Gasteiger partial charge in [0.15, 0.2) is 4.75 Å². The number of sulfonamides is 1. The Hall–Kier alpha value is -0.690. The summed E-state index contributed by atoms with van der Waals surface area (Å²) in [5.74, 6) is -0.383. The van der Waals surface area contributed by atoms with Crippen LogP contribution in [0.2, 0.25) is 0 Å². The normalized spacial score (nSPS) is 28.1. The lowest BCUT2D eigenvalue weighted by Gasteiger charge is -2.53. The summed E-state index contributed by atoms with van der Waals surface area (Å²) >= 11 is 5.16. The van der Waals surface area contributed by atoms with Crippen molar-refractivity contribution in [2.75, 3.05) is 0 Å². The quantitative estimate of drug-likeness (QED) is 0.784. The van der Waals surface area contributed by atoms with Gasteiger partial charge in [-0.1, -0.05) is 44.3 Å². The average Bonchev–Trinajstić information content (AvgIpc) is 2.31. The van der Waals surface area contributed by atoms with Crippen LogP contribution < -0.4 is 5.73 Å². The summed E-state index contributed by atoms with van der Waals surface area (Å²) in [5.41, 5.74) is 4.89. The molecular formula is C13H22N2O3S2. The van der Waals surface area contributed by atoms with Crippen LogP contribution in [0.1, 0.15) is 58.8 Å². The van der Waals surface area contributed by atoms with Crippen molar-refractivity contribution in [2.24, 2.45) is 5.73 Å². The van der Waals surface area contributed by atoms with E-state index in [1.54, 1.807) is 0 Å². The topological polar surface area (TPSA) is 80.5 Å². The smallest absolute Gasteiger partial charge is 0.259 e. The molecule has 1 saturated carbocycles. The highest BCUT2D eigenvalue weighted by Crippen LogP contribution is 2.45. The van der Waals surface area contributed by atoms with Gasteiger partial charge < -0.3 is 5.73 Å². The molecule has 2 fully saturated rings. The molecule has 1 saturated heterocycles. The minimum absolute atomic E-state index is 0.131. The largest absolute Gasteiger partial charge is 0.391 e. The average molecular weight is 318 g/mol. The molecular weight excluding hydrogens is 296 g/mol. The summed E-state index contributed by atoms with van der Waals surface area (Å²) in [4.78, 5) is 12.5. The maximum Gasteiger partial charge on any atom is 0.259 e. The van der Waals surface area contributed by atoms with E-state index in [0.29, 0.717) is 12.8 Å². The Bertz CT molecular complexity index is 532. The van der Waals surface area contributed by atoms with Crippen molar-refractivity contribution in [1.82, 2.24) is 4.31 Å². The Balaban J connectivity index is 2.44. The molecule has 5 nitrogen and oxygen atoms in total. The monoisotopic (exact) mass is 318 g/mol. The molecule has 7 heteroatoms. The van der Waals surface area contributed by atoms with E-state index in [1.807, 2.05) is 0 Å². The molecule has 2 rings (SSSR count). The lowest BCUT2D eigenvalue weighted by atomic mass is 9.83. The van der Waals surface area contributed by atoms with Crippen molar-refractivity contribution in [1.29, 1.82) is 0 Å². The lowest BCUT2D eigenvalue weighted by Crippen LogP contribution is -2.76. The molecule has 20 heavy (non-hydrogen) atoms. The maximum atomic E-state index is 12.5. The molecule has 0 radical (unpaired) electrons. The molecule has 1 amide bonds. The zero-order valence-corrected chi connectivity index (χ0v) is 13.6. The van der Waals surface area contributed by atoms with Crippen molar-refractivity contribution >= 4 is 33.1 Å². The zero-order valence-electron chi connectivity index (χ0n) is 12.0.